The van der Waals surface area contributed by atoms with Crippen molar-refractivity contribution in [3.05, 3.63) is 23.5 Å². The highest BCUT2D eigenvalue weighted by Gasteiger charge is 2.25. The first-order valence-electron chi connectivity index (χ1n) is 8.79. The van der Waals surface area contributed by atoms with E-state index < -0.39 is 0 Å². The van der Waals surface area contributed by atoms with Gasteiger partial charge in [-0.1, -0.05) is 13.8 Å². The molecule has 1 fully saturated rings. The molecule has 0 spiro atoms. The summed E-state index contributed by atoms with van der Waals surface area (Å²) in [6, 6.07) is 2.48. The van der Waals surface area contributed by atoms with Crippen LogP contribution < -0.4 is 5.32 Å². The van der Waals surface area contributed by atoms with Gasteiger partial charge in [-0.05, 0) is 32.8 Å². The zero-order valence-electron chi connectivity index (χ0n) is 15.2. The summed E-state index contributed by atoms with van der Waals surface area (Å²) in [5.74, 6) is 0.347. The summed E-state index contributed by atoms with van der Waals surface area (Å²) >= 11 is 0. The molecule has 1 atom stereocenters. The molecule has 1 unspecified atom stereocenters. The van der Waals surface area contributed by atoms with Gasteiger partial charge in [0.2, 0.25) is 0 Å². The number of rotatable bonds is 3. The van der Waals surface area contributed by atoms with Gasteiger partial charge in [0.25, 0.3) is 5.91 Å². The monoisotopic (exact) mass is 329 g/mol. The highest BCUT2D eigenvalue weighted by molar-refractivity contribution is 6.05. The molecule has 0 radical (unpaired) electrons. The predicted molar refractivity (Wildman–Crippen MR) is 95.4 cm³/mol. The number of carbonyl (C=O) groups excluding carboxylic acids is 1. The van der Waals surface area contributed by atoms with Crippen LogP contribution >= 0.6 is 0 Å². The molecule has 130 valence electrons. The third kappa shape index (κ3) is 3.02. The molecule has 1 saturated heterocycles. The Morgan fingerprint density at radius 2 is 2.08 bits per heavy atom. The maximum Gasteiger partial charge on any atom is 0.254 e. The van der Waals surface area contributed by atoms with Gasteiger partial charge in [-0.25, -0.2) is 9.67 Å². The molecule has 1 N–H and O–H groups in total. The Hall–Kier alpha value is -1.95. The second-order valence-corrected chi connectivity index (χ2v) is 7.28. The average Bonchev–Trinajstić information content (AvgIpc) is 2.97. The van der Waals surface area contributed by atoms with E-state index in [9.17, 15) is 4.79 Å². The van der Waals surface area contributed by atoms with Crippen LogP contribution in [0.4, 0.5) is 0 Å². The average molecular weight is 329 g/mol. The van der Waals surface area contributed by atoms with Gasteiger partial charge in [0.05, 0.1) is 17.1 Å². The maximum absolute atomic E-state index is 13.1. The fourth-order valence-corrected chi connectivity index (χ4v) is 3.18. The van der Waals surface area contributed by atoms with Crippen LogP contribution in [0.2, 0.25) is 0 Å². The standard InChI is InChI=1S/C18H27N5O/c1-11(2)16-8-14(18(24)22-7-6-19-13(5)10-22)15-9-20-23(12(3)4)17(15)21-16/h8-9,11-13,19H,6-7,10H2,1-5H3. The summed E-state index contributed by atoms with van der Waals surface area (Å²) in [4.78, 5) is 19.9. The van der Waals surface area contributed by atoms with E-state index in [-0.39, 0.29) is 17.9 Å². The number of pyridine rings is 1. The molecule has 6 heteroatoms. The Balaban J connectivity index is 2.10. The van der Waals surface area contributed by atoms with E-state index in [0.29, 0.717) is 6.04 Å². The minimum Gasteiger partial charge on any atom is -0.336 e. The van der Waals surface area contributed by atoms with Crippen LogP contribution in [0.3, 0.4) is 0 Å². The quantitative estimate of drug-likeness (QED) is 0.940. The lowest BCUT2D eigenvalue weighted by Gasteiger charge is -2.32. The summed E-state index contributed by atoms with van der Waals surface area (Å²) in [6.45, 7) is 12.8. The van der Waals surface area contributed by atoms with E-state index in [2.05, 4.69) is 45.0 Å². The van der Waals surface area contributed by atoms with Gasteiger partial charge >= 0.3 is 0 Å². The molecule has 24 heavy (non-hydrogen) atoms. The van der Waals surface area contributed by atoms with E-state index in [1.54, 1.807) is 6.20 Å². The van der Waals surface area contributed by atoms with E-state index in [0.717, 1.165) is 41.9 Å². The molecule has 1 aliphatic rings. The fraction of sp³-hybridized carbons (Fsp3) is 0.611. The van der Waals surface area contributed by atoms with Gasteiger partial charge in [-0.2, -0.15) is 5.10 Å². The zero-order chi connectivity index (χ0) is 17.4. The SMILES string of the molecule is CC1CN(C(=O)c2cc(C(C)C)nc3c2cnn3C(C)C)CCN1. The molecular weight excluding hydrogens is 302 g/mol. The number of hydrogen-bond donors (Lipinski definition) is 1. The van der Waals surface area contributed by atoms with E-state index in [1.807, 2.05) is 15.6 Å². The smallest absolute Gasteiger partial charge is 0.254 e. The van der Waals surface area contributed by atoms with Crippen molar-refractivity contribution >= 4 is 16.9 Å². The number of carbonyl (C=O) groups is 1. The Morgan fingerprint density at radius 1 is 1.33 bits per heavy atom. The van der Waals surface area contributed by atoms with Crippen molar-refractivity contribution < 1.29 is 4.79 Å². The second-order valence-electron chi connectivity index (χ2n) is 7.28. The van der Waals surface area contributed by atoms with Crippen molar-refractivity contribution in [3.63, 3.8) is 0 Å². The second kappa shape index (κ2) is 6.51. The molecule has 0 saturated carbocycles. The summed E-state index contributed by atoms with van der Waals surface area (Å²) in [5.41, 5.74) is 2.48. The number of nitrogens with zero attached hydrogens (tertiary/aromatic N) is 4. The van der Waals surface area contributed by atoms with Gasteiger partial charge < -0.3 is 10.2 Å². The molecule has 2 aromatic rings. The third-order valence-electron chi connectivity index (χ3n) is 4.55. The Morgan fingerprint density at radius 3 is 2.71 bits per heavy atom. The highest BCUT2D eigenvalue weighted by atomic mass is 16.2. The van der Waals surface area contributed by atoms with Crippen molar-refractivity contribution in [1.29, 1.82) is 0 Å². The molecule has 3 rings (SSSR count). The van der Waals surface area contributed by atoms with Crippen molar-refractivity contribution in [2.45, 2.75) is 52.6 Å². The summed E-state index contributed by atoms with van der Waals surface area (Å²) in [6.07, 6.45) is 1.78. The van der Waals surface area contributed by atoms with E-state index in [1.165, 1.54) is 0 Å². The van der Waals surface area contributed by atoms with Crippen molar-refractivity contribution in [2.75, 3.05) is 19.6 Å². The largest absolute Gasteiger partial charge is 0.336 e. The molecular formula is C18H27N5O. The number of piperazine rings is 1. The van der Waals surface area contributed by atoms with Crippen molar-refractivity contribution in [1.82, 2.24) is 25.0 Å². The first-order valence-corrected chi connectivity index (χ1v) is 8.79. The predicted octanol–water partition coefficient (Wildman–Crippen LogP) is 2.57. The van der Waals surface area contributed by atoms with Crippen LogP contribution in [0.1, 0.15) is 62.6 Å². The van der Waals surface area contributed by atoms with Crippen LogP contribution in [-0.2, 0) is 0 Å². The lowest BCUT2D eigenvalue weighted by molar-refractivity contribution is 0.0711. The van der Waals surface area contributed by atoms with E-state index >= 15 is 0 Å². The van der Waals surface area contributed by atoms with Crippen molar-refractivity contribution in [2.24, 2.45) is 0 Å². The lowest BCUT2D eigenvalue weighted by Crippen LogP contribution is -2.51. The van der Waals surface area contributed by atoms with Gasteiger partial charge in [-0.3, -0.25) is 4.79 Å². The maximum atomic E-state index is 13.1. The van der Waals surface area contributed by atoms with Gasteiger partial charge in [0.1, 0.15) is 0 Å². The van der Waals surface area contributed by atoms with Crippen LogP contribution in [0, 0.1) is 0 Å². The van der Waals surface area contributed by atoms with Crippen molar-refractivity contribution in [3.8, 4) is 0 Å². The fourth-order valence-electron chi connectivity index (χ4n) is 3.18. The van der Waals surface area contributed by atoms with Gasteiger partial charge in [-0.15, -0.1) is 0 Å². The summed E-state index contributed by atoms with van der Waals surface area (Å²) < 4.78 is 1.90. The number of hydrogen-bond acceptors (Lipinski definition) is 4. The van der Waals surface area contributed by atoms with Crippen LogP contribution in [-0.4, -0.2) is 51.2 Å². The molecule has 3 heterocycles. The van der Waals surface area contributed by atoms with Gasteiger partial charge in [0, 0.05) is 37.4 Å². The summed E-state index contributed by atoms with van der Waals surface area (Å²) in [7, 11) is 0. The zero-order valence-corrected chi connectivity index (χ0v) is 15.2. The normalized spacial score (nSPS) is 18.8. The highest BCUT2D eigenvalue weighted by Crippen LogP contribution is 2.25. The summed E-state index contributed by atoms with van der Waals surface area (Å²) in [5, 5.41) is 8.70. The molecule has 6 nitrogen and oxygen atoms in total. The molecule has 0 aliphatic carbocycles. The number of aromatic nitrogens is 3. The van der Waals surface area contributed by atoms with Crippen LogP contribution in [0.5, 0.6) is 0 Å². The van der Waals surface area contributed by atoms with Crippen LogP contribution in [0.15, 0.2) is 12.3 Å². The number of fused-ring (bicyclic) bond motifs is 1. The van der Waals surface area contributed by atoms with E-state index in [4.69, 9.17) is 4.98 Å². The molecule has 2 aromatic heterocycles. The Labute approximate surface area is 143 Å². The molecule has 0 aromatic carbocycles. The minimum atomic E-state index is 0.0842. The molecule has 0 bridgehead atoms. The molecule has 1 aliphatic heterocycles. The number of amides is 1. The third-order valence-corrected chi connectivity index (χ3v) is 4.55. The number of nitrogens with one attached hydrogen (secondary N) is 1. The van der Waals surface area contributed by atoms with Crippen LogP contribution in [0.25, 0.3) is 11.0 Å². The lowest BCUT2D eigenvalue weighted by atomic mass is 10.0. The topological polar surface area (TPSA) is 63.1 Å². The minimum absolute atomic E-state index is 0.0842. The Kier molecular flexibility index (Phi) is 4.58. The van der Waals surface area contributed by atoms with Gasteiger partial charge in [0.15, 0.2) is 5.65 Å². The Bertz CT molecular complexity index is 749. The first kappa shape index (κ1) is 16.9. The first-order chi connectivity index (χ1) is 11.4. The molecule has 1 amide bonds.